The van der Waals surface area contributed by atoms with Gasteiger partial charge in [0, 0.05) is 6.20 Å². The molecule has 0 aliphatic heterocycles. The first kappa shape index (κ1) is 21.3. The number of hydrogen-bond acceptors (Lipinski definition) is 5. The van der Waals surface area contributed by atoms with Crippen LogP contribution in [0.4, 0.5) is 8.78 Å². The van der Waals surface area contributed by atoms with Gasteiger partial charge in [-0.2, -0.15) is 4.98 Å². The molecule has 6 nitrogen and oxygen atoms in total. The highest BCUT2D eigenvalue weighted by Gasteiger charge is 2.23. The van der Waals surface area contributed by atoms with E-state index in [0.29, 0.717) is 11.4 Å². The van der Waals surface area contributed by atoms with E-state index in [2.05, 4.69) is 15.0 Å². The van der Waals surface area contributed by atoms with Gasteiger partial charge in [0.1, 0.15) is 21.0 Å². The van der Waals surface area contributed by atoms with Crippen LogP contribution in [0.15, 0.2) is 41.3 Å². The number of pyridine rings is 2. The number of aromatic nitrogens is 4. The maximum Gasteiger partial charge on any atom is 0.354 e. The largest absolute Gasteiger partial charge is 0.507 e. The normalized spacial score (nSPS) is 11.5. The Hall–Kier alpha value is -2.95. The third kappa shape index (κ3) is 3.56. The molecule has 31 heavy (non-hydrogen) atoms. The van der Waals surface area contributed by atoms with Gasteiger partial charge in [-0.25, -0.2) is 23.1 Å². The summed E-state index contributed by atoms with van der Waals surface area (Å²) in [5.74, 6) is -2.15. The number of phenolic OH excluding ortho intramolecular Hbond substituents is 1. The van der Waals surface area contributed by atoms with Crippen LogP contribution < -0.4 is 5.69 Å². The standard InChI is InChI=1S/C22H17F2IN4O2/c1-10(2)17-19(11(3)7-8-26-17)29-21-12(20(25)28-22(29)31)9-14(24)18(27-21)16-13(23)5-4-6-15(16)30/h4-10,30H,1-3H3. The van der Waals surface area contributed by atoms with Crippen LogP contribution in [0.1, 0.15) is 31.0 Å². The van der Waals surface area contributed by atoms with Gasteiger partial charge < -0.3 is 5.11 Å². The lowest BCUT2D eigenvalue weighted by molar-refractivity contribution is 0.470. The van der Waals surface area contributed by atoms with Crippen LogP contribution >= 0.6 is 22.6 Å². The number of aromatic hydroxyl groups is 1. The van der Waals surface area contributed by atoms with Crippen LogP contribution in [-0.4, -0.2) is 24.6 Å². The van der Waals surface area contributed by atoms with Crippen LogP contribution in [-0.2, 0) is 0 Å². The minimum absolute atomic E-state index is 0.0216. The molecule has 0 bridgehead atoms. The molecule has 0 amide bonds. The van der Waals surface area contributed by atoms with Crippen molar-refractivity contribution in [3.05, 3.63) is 73.6 Å². The molecule has 4 rings (SSSR count). The fraction of sp³-hybridized carbons (Fsp3) is 0.182. The van der Waals surface area contributed by atoms with Crippen molar-refractivity contribution in [1.82, 2.24) is 19.5 Å². The SMILES string of the molecule is Cc1ccnc(C(C)C)c1-n1c(=O)nc(I)c2cc(F)c(-c3c(O)cccc3F)nc21. The number of rotatable bonds is 3. The van der Waals surface area contributed by atoms with Gasteiger partial charge in [0.05, 0.1) is 22.3 Å². The average Bonchev–Trinajstić information content (AvgIpc) is 2.69. The van der Waals surface area contributed by atoms with Crippen LogP contribution in [0, 0.1) is 22.3 Å². The molecule has 0 aliphatic rings. The van der Waals surface area contributed by atoms with Crippen molar-refractivity contribution in [3.63, 3.8) is 0 Å². The summed E-state index contributed by atoms with van der Waals surface area (Å²) in [6.07, 6.45) is 1.65. The van der Waals surface area contributed by atoms with Crippen molar-refractivity contribution < 1.29 is 13.9 Å². The molecular formula is C22H17F2IN4O2. The first-order valence-corrected chi connectivity index (χ1v) is 10.5. The first-order valence-electron chi connectivity index (χ1n) is 9.43. The lowest BCUT2D eigenvalue weighted by Crippen LogP contribution is -2.26. The molecule has 0 aliphatic carbocycles. The van der Waals surface area contributed by atoms with Crippen LogP contribution in [0.5, 0.6) is 5.75 Å². The van der Waals surface area contributed by atoms with Crippen molar-refractivity contribution in [2.24, 2.45) is 0 Å². The van der Waals surface area contributed by atoms with Crippen LogP contribution in [0.3, 0.4) is 0 Å². The first-order chi connectivity index (χ1) is 14.7. The zero-order chi connectivity index (χ0) is 22.4. The fourth-order valence-electron chi connectivity index (χ4n) is 3.50. The third-order valence-corrected chi connectivity index (χ3v) is 5.75. The number of benzene rings is 1. The number of fused-ring (bicyclic) bond motifs is 1. The Morgan fingerprint density at radius 1 is 1.13 bits per heavy atom. The minimum Gasteiger partial charge on any atom is -0.507 e. The molecule has 1 aromatic carbocycles. The van der Waals surface area contributed by atoms with E-state index in [1.807, 2.05) is 43.4 Å². The van der Waals surface area contributed by atoms with Gasteiger partial charge in [-0.15, -0.1) is 0 Å². The number of hydrogen-bond donors (Lipinski definition) is 1. The lowest BCUT2D eigenvalue weighted by atomic mass is 10.0. The monoisotopic (exact) mass is 534 g/mol. The maximum atomic E-state index is 15.0. The highest BCUT2D eigenvalue weighted by molar-refractivity contribution is 14.1. The van der Waals surface area contributed by atoms with E-state index < -0.39 is 28.8 Å². The molecule has 0 saturated carbocycles. The van der Waals surface area contributed by atoms with E-state index in [1.165, 1.54) is 16.7 Å². The summed E-state index contributed by atoms with van der Waals surface area (Å²) in [5.41, 5.74) is 0.614. The Kier molecular flexibility index (Phi) is 5.46. The van der Waals surface area contributed by atoms with E-state index in [-0.39, 0.29) is 26.2 Å². The summed E-state index contributed by atoms with van der Waals surface area (Å²) in [6, 6.07) is 6.56. The molecule has 9 heteroatoms. The molecule has 0 unspecified atom stereocenters. The second-order valence-electron chi connectivity index (χ2n) is 7.36. The second-order valence-corrected chi connectivity index (χ2v) is 8.38. The molecule has 0 spiro atoms. The van der Waals surface area contributed by atoms with Crippen molar-refractivity contribution in [2.45, 2.75) is 26.7 Å². The fourth-order valence-corrected chi connectivity index (χ4v) is 4.10. The topological polar surface area (TPSA) is 80.9 Å². The summed E-state index contributed by atoms with van der Waals surface area (Å²) in [4.78, 5) is 25.8. The smallest absolute Gasteiger partial charge is 0.354 e. The molecule has 3 heterocycles. The Bertz CT molecular complexity index is 1380. The van der Waals surface area contributed by atoms with E-state index in [4.69, 9.17) is 0 Å². The van der Waals surface area contributed by atoms with Crippen LogP contribution in [0.25, 0.3) is 28.0 Å². The number of phenols is 1. The Balaban J connectivity index is 2.18. The van der Waals surface area contributed by atoms with Gasteiger partial charge >= 0.3 is 5.69 Å². The van der Waals surface area contributed by atoms with Crippen molar-refractivity contribution >= 4 is 33.6 Å². The molecule has 4 aromatic rings. The number of nitrogens with zero attached hydrogens (tertiary/aromatic N) is 4. The number of aryl methyl sites for hydroxylation is 1. The Labute approximate surface area is 189 Å². The second kappa shape index (κ2) is 7.95. The van der Waals surface area contributed by atoms with Gasteiger partial charge in [0.25, 0.3) is 0 Å². The predicted molar refractivity (Wildman–Crippen MR) is 121 cm³/mol. The summed E-state index contributed by atoms with van der Waals surface area (Å²) in [6.45, 7) is 5.70. The van der Waals surface area contributed by atoms with Gasteiger partial charge in [-0.3, -0.25) is 4.98 Å². The summed E-state index contributed by atoms with van der Waals surface area (Å²) >= 11 is 1.84. The summed E-state index contributed by atoms with van der Waals surface area (Å²) in [5, 5.41) is 10.4. The molecule has 158 valence electrons. The van der Waals surface area contributed by atoms with E-state index >= 15 is 0 Å². The highest BCUT2D eigenvalue weighted by atomic mass is 127. The van der Waals surface area contributed by atoms with Crippen molar-refractivity contribution in [3.8, 4) is 22.7 Å². The minimum atomic E-state index is -0.843. The van der Waals surface area contributed by atoms with Gasteiger partial charge in [0.2, 0.25) is 0 Å². The zero-order valence-electron chi connectivity index (χ0n) is 16.8. The van der Waals surface area contributed by atoms with Crippen molar-refractivity contribution in [1.29, 1.82) is 0 Å². The van der Waals surface area contributed by atoms with E-state index in [9.17, 15) is 18.7 Å². The van der Waals surface area contributed by atoms with E-state index in [1.54, 1.807) is 12.3 Å². The molecule has 3 aromatic heterocycles. The van der Waals surface area contributed by atoms with E-state index in [0.717, 1.165) is 17.7 Å². The Morgan fingerprint density at radius 3 is 2.55 bits per heavy atom. The third-order valence-electron chi connectivity index (χ3n) is 4.93. The molecular weight excluding hydrogens is 517 g/mol. The molecule has 0 saturated heterocycles. The molecule has 0 atom stereocenters. The molecule has 1 N–H and O–H groups in total. The lowest BCUT2D eigenvalue weighted by Gasteiger charge is -2.18. The summed E-state index contributed by atoms with van der Waals surface area (Å²) in [7, 11) is 0. The van der Waals surface area contributed by atoms with Crippen molar-refractivity contribution in [2.75, 3.05) is 0 Å². The predicted octanol–water partition coefficient (Wildman–Crippen LogP) is 4.86. The number of halogens is 3. The van der Waals surface area contributed by atoms with Gasteiger partial charge in [-0.05, 0) is 65.3 Å². The highest BCUT2D eigenvalue weighted by Crippen LogP contribution is 2.35. The van der Waals surface area contributed by atoms with Gasteiger partial charge in [-0.1, -0.05) is 19.9 Å². The zero-order valence-corrected chi connectivity index (χ0v) is 19.0. The van der Waals surface area contributed by atoms with Gasteiger partial charge in [0.15, 0.2) is 11.5 Å². The maximum absolute atomic E-state index is 15.0. The molecule has 0 radical (unpaired) electrons. The van der Waals surface area contributed by atoms with Crippen LogP contribution in [0.2, 0.25) is 0 Å². The molecule has 0 fully saturated rings. The summed E-state index contributed by atoms with van der Waals surface area (Å²) < 4.78 is 31.0. The quantitative estimate of drug-likeness (QED) is 0.300. The Morgan fingerprint density at radius 2 is 1.87 bits per heavy atom. The average molecular weight is 534 g/mol.